The molecule has 0 bridgehead atoms. The van der Waals surface area contributed by atoms with Crippen molar-refractivity contribution in [1.29, 1.82) is 0 Å². The second-order valence-electron chi connectivity index (χ2n) is 7.33. The molecule has 120 valence electrons. The van der Waals surface area contributed by atoms with Gasteiger partial charge in [-0.2, -0.15) is 0 Å². The summed E-state index contributed by atoms with van der Waals surface area (Å²) in [4.78, 5) is 0. The summed E-state index contributed by atoms with van der Waals surface area (Å²) in [5.41, 5.74) is 1.17. The quantitative estimate of drug-likeness (QED) is 0.640. The van der Waals surface area contributed by atoms with Crippen molar-refractivity contribution in [3.8, 4) is 5.75 Å². The van der Waals surface area contributed by atoms with Gasteiger partial charge in [0.2, 0.25) is 0 Å². The van der Waals surface area contributed by atoms with Gasteiger partial charge < -0.3 is 10.1 Å². The van der Waals surface area contributed by atoms with Crippen LogP contribution in [-0.2, 0) is 0 Å². The van der Waals surface area contributed by atoms with Crippen LogP contribution < -0.4 is 10.1 Å². The van der Waals surface area contributed by atoms with Crippen molar-refractivity contribution in [1.82, 2.24) is 0 Å². The van der Waals surface area contributed by atoms with Gasteiger partial charge in [-0.05, 0) is 42.7 Å². The summed E-state index contributed by atoms with van der Waals surface area (Å²) in [5.74, 6) is 2.93. The molecule has 0 aliphatic heterocycles. The van der Waals surface area contributed by atoms with Gasteiger partial charge in [0.1, 0.15) is 5.75 Å². The number of rotatable bonds is 9. The Kier molecular flexibility index (Phi) is 7.63. The van der Waals surface area contributed by atoms with Crippen LogP contribution in [0.15, 0.2) is 24.3 Å². The maximum Gasteiger partial charge on any atom is 0.121 e. The van der Waals surface area contributed by atoms with E-state index in [1.807, 2.05) is 6.07 Å². The molecule has 0 aliphatic rings. The van der Waals surface area contributed by atoms with Crippen LogP contribution in [0.2, 0.25) is 0 Å². The highest BCUT2D eigenvalue weighted by molar-refractivity contribution is 5.48. The van der Waals surface area contributed by atoms with Gasteiger partial charge in [0.15, 0.2) is 0 Å². The molecule has 2 nitrogen and oxygen atoms in total. The van der Waals surface area contributed by atoms with E-state index in [9.17, 15) is 0 Å². The van der Waals surface area contributed by atoms with Crippen molar-refractivity contribution in [2.75, 3.05) is 11.9 Å². The fourth-order valence-electron chi connectivity index (χ4n) is 2.53. The lowest BCUT2D eigenvalue weighted by Gasteiger charge is -2.24. The highest BCUT2D eigenvalue weighted by atomic mass is 16.5. The smallest absolute Gasteiger partial charge is 0.121 e. The van der Waals surface area contributed by atoms with Crippen molar-refractivity contribution in [3.05, 3.63) is 24.3 Å². The molecule has 2 heteroatoms. The first-order chi connectivity index (χ1) is 9.86. The van der Waals surface area contributed by atoms with E-state index in [4.69, 9.17) is 4.74 Å². The zero-order valence-corrected chi connectivity index (χ0v) is 14.6. The molecule has 0 heterocycles. The zero-order chi connectivity index (χ0) is 15.8. The van der Waals surface area contributed by atoms with Crippen molar-refractivity contribution < 1.29 is 4.74 Å². The van der Waals surface area contributed by atoms with E-state index in [1.165, 1.54) is 18.5 Å². The van der Waals surface area contributed by atoms with Crippen molar-refractivity contribution in [2.24, 2.45) is 17.8 Å². The molecule has 21 heavy (non-hydrogen) atoms. The summed E-state index contributed by atoms with van der Waals surface area (Å²) in [6.45, 7) is 14.3. The monoisotopic (exact) mass is 291 g/mol. The third kappa shape index (κ3) is 7.99. The Morgan fingerprint density at radius 3 is 2.05 bits per heavy atom. The fraction of sp³-hybridized carbons (Fsp3) is 0.684. The molecule has 0 amide bonds. The molecule has 0 aliphatic carbocycles. The standard InChI is InChI=1S/C19H33NO/c1-14(2)10-18(11-15(3)4)20-17-8-7-9-19(12-17)21-13-16(5)6/h7-9,12,14-16,18,20H,10-11,13H2,1-6H3. The van der Waals surface area contributed by atoms with Gasteiger partial charge in [0, 0.05) is 17.8 Å². The predicted molar refractivity (Wildman–Crippen MR) is 93.1 cm³/mol. The molecule has 1 aromatic rings. The van der Waals surface area contributed by atoms with Crippen molar-refractivity contribution in [2.45, 2.75) is 60.4 Å². The number of hydrogen-bond acceptors (Lipinski definition) is 2. The summed E-state index contributed by atoms with van der Waals surface area (Å²) in [6, 6.07) is 8.89. The third-order valence-corrected chi connectivity index (χ3v) is 3.30. The lowest BCUT2D eigenvalue weighted by molar-refractivity contribution is 0.271. The highest BCUT2D eigenvalue weighted by Gasteiger charge is 2.13. The van der Waals surface area contributed by atoms with Crippen molar-refractivity contribution in [3.63, 3.8) is 0 Å². The van der Waals surface area contributed by atoms with Gasteiger partial charge in [0.25, 0.3) is 0 Å². The molecule has 0 unspecified atom stereocenters. The van der Waals surface area contributed by atoms with E-state index < -0.39 is 0 Å². The van der Waals surface area contributed by atoms with E-state index in [1.54, 1.807) is 0 Å². The van der Waals surface area contributed by atoms with Gasteiger partial charge in [-0.25, -0.2) is 0 Å². The van der Waals surface area contributed by atoms with Gasteiger partial charge in [-0.3, -0.25) is 0 Å². The minimum Gasteiger partial charge on any atom is -0.493 e. The number of benzene rings is 1. The normalized spacial score (nSPS) is 11.7. The fourth-order valence-corrected chi connectivity index (χ4v) is 2.53. The van der Waals surface area contributed by atoms with Crippen LogP contribution in [0, 0.1) is 17.8 Å². The average Bonchev–Trinajstić information content (AvgIpc) is 2.35. The molecule has 0 fully saturated rings. The number of hydrogen-bond donors (Lipinski definition) is 1. The van der Waals surface area contributed by atoms with Crippen LogP contribution in [0.25, 0.3) is 0 Å². The molecule has 0 spiro atoms. The van der Waals surface area contributed by atoms with Gasteiger partial charge in [-0.1, -0.05) is 47.6 Å². The van der Waals surface area contributed by atoms with Gasteiger partial charge in [0.05, 0.1) is 6.61 Å². The summed E-state index contributed by atoms with van der Waals surface area (Å²) < 4.78 is 5.81. The maximum atomic E-state index is 5.81. The lowest BCUT2D eigenvalue weighted by atomic mass is 9.95. The number of nitrogens with one attached hydrogen (secondary N) is 1. The summed E-state index contributed by atoms with van der Waals surface area (Å²) in [6.07, 6.45) is 2.41. The SMILES string of the molecule is CC(C)COc1cccc(NC(CC(C)C)CC(C)C)c1. The summed E-state index contributed by atoms with van der Waals surface area (Å²) >= 11 is 0. The Morgan fingerprint density at radius 2 is 1.52 bits per heavy atom. The predicted octanol–water partition coefficient (Wildman–Crippen LogP) is 5.59. The minimum absolute atomic E-state index is 0.533. The van der Waals surface area contributed by atoms with Crippen LogP contribution >= 0.6 is 0 Å². The molecule has 0 saturated heterocycles. The molecule has 0 radical (unpaired) electrons. The molecule has 1 aromatic carbocycles. The van der Waals surface area contributed by atoms with E-state index >= 15 is 0 Å². The Morgan fingerprint density at radius 1 is 0.905 bits per heavy atom. The molecule has 1 N–H and O–H groups in total. The van der Waals surface area contributed by atoms with Crippen LogP contribution in [0.1, 0.15) is 54.4 Å². The zero-order valence-electron chi connectivity index (χ0n) is 14.6. The Balaban J connectivity index is 2.67. The summed E-state index contributed by atoms with van der Waals surface area (Å²) in [7, 11) is 0. The molecule has 0 atom stereocenters. The topological polar surface area (TPSA) is 21.3 Å². The minimum atomic E-state index is 0.533. The van der Waals surface area contributed by atoms with Crippen LogP contribution in [-0.4, -0.2) is 12.6 Å². The average molecular weight is 291 g/mol. The van der Waals surface area contributed by atoms with Crippen LogP contribution in [0.4, 0.5) is 5.69 Å². The molecule has 0 saturated carbocycles. The largest absolute Gasteiger partial charge is 0.493 e. The first-order valence-electron chi connectivity index (χ1n) is 8.36. The van der Waals surface area contributed by atoms with E-state index in [0.29, 0.717) is 23.8 Å². The van der Waals surface area contributed by atoms with Crippen LogP contribution in [0.5, 0.6) is 5.75 Å². The van der Waals surface area contributed by atoms with E-state index in [2.05, 4.69) is 65.1 Å². The molecule has 1 rings (SSSR count). The molecular weight excluding hydrogens is 258 g/mol. The first kappa shape index (κ1) is 17.9. The van der Waals surface area contributed by atoms with Crippen molar-refractivity contribution >= 4 is 5.69 Å². The maximum absolute atomic E-state index is 5.81. The van der Waals surface area contributed by atoms with Gasteiger partial charge in [-0.15, -0.1) is 0 Å². The third-order valence-electron chi connectivity index (χ3n) is 3.30. The first-order valence-corrected chi connectivity index (χ1v) is 8.36. The van der Waals surface area contributed by atoms with E-state index in [-0.39, 0.29) is 0 Å². The number of anilines is 1. The second-order valence-corrected chi connectivity index (χ2v) is 7.33. The Labute approximate surface area is 131 Å². The highest BCUT2D eigenvalue weighted by Crippen LogP contribution is 2.22. The summed E-state index contributed by atoms with van der Waals surface area (Å²) in [5, 5.41) is 3.69. The van der Waals surface area contributed by atoms with Gasteiger partial charge >= 0.3 is 0 Å². The molecule has 0 aromatic heterocycles. The Hall–Kier alpha value is -1.18. The lowest BCUT2D eigenvalue weighted by Crippen LogP contribution is -2.23. The second kappa shape index (κ2) is 8.96. The number of ether oxygens (including phenoxy) is 1. The Bertz CT molecular complexity index is 388. The van der Waals surface area contributed by atoms with Crippen LogP contribution in [0.3, 0.4) is 0 Å². The molecular formula is C19H33NO. The van der Waals surface area contributed by atoms with E-state index in [0.717, 1.165) is 12.4 Å².